The highest BCUT2D eigenvalue weighted by Crippen LogP contribution is 2.46. The maximum Gasteiger partial charge on any atom is 0.308 e. The van der Waals surface area contributed by atoms with Crippen LogP contribution < -0.4 is 5.32 Å². The van der Waals surface area contributed by atoms with Crippen LogP contribution in [0.1, 0.15) is 25.7 Å². The van der Waals surface area contributed by atoms with E-state index in [9.17, 15) is 9.90 Å². The fourth-order valence-corrected chi connectivity index (χ4v) is 5.93. The summed E-state index contributed by atoms with van der Waals surface area (Å²) < 4.78 is 0. The van der Waals surface area contributed by atoms with Gasteiger partial charge >= 0.3 is 5.97 Å². The third-order valence-corrected chi connectivity index (χ3v) is 7.59. The van der Waals surface area contributed by atoms with Crippen molar-refractivity contribution < 1.29 is 9.90 Å². The second-order valence-electron chi connectivity index (χ2n) is 8.50. The summed E-state index contributed by atoms with van der Waals surface area (Å²) in [6, 6.07) is 1.73. The van der Waals surface area contributed by atoms with Crippen LogP contribution in [0.3, 0.4) is 0 Å². The molecule has 10 heteroatoms. The van der Waals surface area contributed by atoms with Gasteiger partial charge < -0.3 is 15.4 Å². The average molecular weight is 448 g/mol. The summed E-state index contributed by atoms with van der Waals surface area (Å²) in [6.07, 6.45) is 10.9. The van der Waals surface area contributed by atoms with Crippen molar-refractivity contribution in [2.24, 2.45) is 17.8 Å². The largest absolute Gasteiger partial charge is 0.481 e. The topological polar surface area (TPSA) is 130 Å². The molecule has 4 heterocycles. The molecular formula is C22H21N7O2S. The number of carbonyl (C=O) groups is 1. The number of aromatic amines is 1. The van der Waals surface area contributed by atoms with Crippen LogP contribution in [0.4, 0.5) is 5.82 Å². The Kier molecular flexibility index (Phi) is 4.60. The normalized spacial score (nSPS) is 24.6. The van der Waals surface area contributed by atoms with E-state index in [2.05, 4.69) is 25.3 Å². The Morgan fingerprint density at radius 1 is 1.16 bits per heavy atom. The predicted molar refractivity (Wildman–Crippen MR) is 120 cm³/mol. The van der Waals surface area contributed by atoms with Crippen LogP contribution in [0.5, 0.6) is 0 Å². The van der Waals surface area contributed by atoms with Crippen molar-refractivity contribution in [1.82, 2.24) is 29.9 Å². The minimum Gasteiger partial charge on any atom is -0.481 e. The Morgan fingerprint density at radius 2 is 2.00 bits per heavy atom. The first-order chi connectivity index (χ1) is 15.7. The van der Waals surface area contributed by atoms with E-state index in [0.29, 0.717) is 28.9 Å². The molecule has 7 rings (SSSR count). The van der Waals surface area contributed by atoms with E-state index in [0.717, 1.165) is 41.6 Å². The number of H-pyrrole nitrogens is 1. The third kappa shape index (κ3) is 3.22. The Bertz CT molecular complexity index is 1280. The Hall–Kier alpha value is -3.40. The number of anilines is 1. The lowest BCUT2D eigenvalue weighted by molar-refractivity contribution is -0.148. The minimum atomic E-state index is -0.722. The average Bonchev–Trinajstić information content (AvgIpc) is 3.50. The minimum absolute atomic E-state index is 0.141. The molecule has 3 aliphatic carbocycles. The summed E-state index contributed by atoms with van der Waals surface area (Å²) in [5.41, 5.74) is 2.21. The van der Waals surface area contributed by atoms with Gasteiger partial charge in [0.05, 0.1) is 5.92 Å². The van der Waals surface area contributed by atoms with Gasteiger partial charge in [0, 0.05) is 47.0 Å². The highest BCUT2D eigenvalue weighted by molar-refractivity contribution is 7.13. The Labute approximate surface area is 187 Å². The number of rotatable bonds is 5. The lowest BCUT2D eigenvalue weighted by Crippen LogP contribution is -2.51. The summed E-state index contributed by atoms with van der Waals surface area (Å²) in [4.78, 5) is 37.6. The molecule has 0 aliphatic heterocycles. The lowest BCUT2D eigenvalue weighted by Gasteiger charge is -2.47. The Morgan fingerprint density at radius 3 is 2.78 bits per heavy atom. The highest BCUT2D eigenvalue weighted by Gasteiger charge is 2.47. The number of aliphatic carboxylic acids is 1. The molecule has 4 aromatic heterocycles. The molecule has 3 N–H and O–H groups in total. The van der Waals surface area contributed by atoms with Gasteiger partial charge in [0.1, 0.15) is 28.5 Å². The van der Waals surface area contributed by atoms with Crippen molar-refractivity contribution in [3.63, 3.8) is 0 Å². The van der Waals surface area contributed by atoms with E-state index in [-0.39, 0.29) is 12.0 Å². The van der Waals surface area contributed by atoms with E-state index >= 15 is 0 Å². The number of aromatic nitrogens is 6. The SMILES string of the molecule is O=C(O)C1C2CCC(CC2)C1Nc1cc(-c2nccs2)nc(-c2c[nH]c3ncncc23)n1. The van der Waals surface area contributed by atoms with E-state index in [1.54, 1.807) is 12.4 Å². The van der Waals surface area contributed by atoms with Crippen molar-refractivity contribution in [2.45, 2.75) is 31.7 Å². The first kappa shape index (κ1) is 19.3. The number of hydrogen-bond acceptors (Lipinski definition) is 8. The van der Waals surface area contributed by atoms with Crippen LogP contribution in [0.25, 0.3) is 33.1 Å². The summed E-state index contributed by atoms with van der Waals surface area (Å²) in [5.74, 6) is 0.583. The highest BCUT2D eigenvalue weighted by atomic mass is 32.1. The quantitative estimate of drug-likeness (QED) is 0.421. The summed E-state index contributed by atoms with van der Waals surface area (Å²) in [7, 11) is 0. The van der Waals surface area contributed by atoms with Crippen LogP contribution in [-0.2, 0) is 4.79 Å². The number of nitrogens with one attached hydrogen (secondary N) is 2. The van der Waals surface area contributed by atoms with Gasteiger partial charge in [-0.3, -0.25) is 4.79 Å². The van der Waals surface area contributed by atoms with Crippen molar-refractivity contribution in [1.29, 1.82) is 0 Å². The molecular weight excluding hydrogens is 426 g/mol. The predicted octanol–water partition coefficient (Wildman–Crippen LogP) is 3.84. The summed E-state index contributed by atoms with van der Waals surface area (Å²) >= 11 is 1.50. The molecule has 2 bridgehead atoms. The zero-order chi connectivity index (χ0) is 21.7. The molecule has 3 saturated carbocycles. The number of hydrogen-bond donors (Lipinski definition) is 3. The van der Waals surface area contributed by atoms with Crippen molar-refractivity contribution >= 4 is 34.2 Å². The number of carboxylic acid groups (broad SMARTS) is 1. The molecule has 32 heavy (non-hydrogen) atoms. The maximum atomic E-state index is 12.1. The van der Waals surface area contributed by atoms with Crippen molar-refractivity contribution in [3.8, 4) is 22.1 Å². The van der Waals surface area contributed by atoms with E-state index in [1.165, 1.54) is 17.7 Å². The summed E-state index contributed by atoms with van der Waals surface area (Å²) in [6.45, 7) is 0. The van der Waals surface area contributed by atoms with Crippen molar-refractivity contribution in [3.05, 3.63) is 36.4 Å². The number of fused-ring (bicyclic) bond motifs is 4. The number of thiazole rings is 1. The second kappa shape index (κ2) is 7.63. The van der Waals surface area contributed by atoms with E-state index < -0.39 is 11.9 Å². The second-order valence-corrected chi connectivity index (χ2v) is 9.39. The zero-order valence-electron chi connectivity index (χ0n) is 17.1. The molecule has 4 aromatic rings. The van der Waals surface area contributed by atoms with Crippen LogP contribution in [0, 0.1) is 17.8 Å². The van der Waals surface area contributed by atoms with Gasteiger partial charge in [0.15, 0.2) is 5.82 Å². The standard InChI is InChI=1S/C22H21N7O2S/c30-22(31)17-11-1-3-12(4-2-11)18(17)28-16-7-15(21-24-5-6-32-21)27-20(29-16)14-9-25-19-13(14)8-23-10-26-19/h5-12,17-18H,1-4H2,(H,30,31)(H,23,25,26)(H,27,28,29). The van der Waals surface area contributed by atoms with Crippen LogP contribution in [-0.4, -0.2) is 47.0 Å². The monoisotopic (exact) mass is 447 g/mol. The molecule has 9 nitrogen and oxygen atoms in total. The van der Waals surface area contributed by atoms with Crippen molar-refractivity contribution in [2.75, 3.05) is 5.32 Å². The number of carboxylic acids is 1. The van der Waals surface area contributed by atoms with Gasteiger partial charge in [0.2, 0.25) is 0 Å². The molecule has 3 aliphatic rings. The molecule has 0 amide bonds. The zero-order valence-corrected chi connectivity index (χ0v) is 17.9. The molecule has 0 radical (unpaired) electrons. The lowest BCUT2D eigenvalue weighted by atomic mass is 9.61. The Balaban J connectivity index is 1.44. The van der Waals surface area contributed by atoms with Crippen LogP contribution >= 0.6 is 11.3 Å². The number of nitrogens with zero attached hydrogens (tertiary/aromatic N) is 5. The molecule has 2 atom stereocenters. The molecule has 3 fully saturated rings. The van der Waals surface area contributed by atoms with Crippen LogP contribution in [0.15, 0.2) is 36.4 Å². The fourth-order valence-electron chi connectivity index (χ4n) is 5.33. The summed E-state index contributed by atoms with van der Waals surface area (Å²) in [5, 5.41) is 17.0. The van der Waals surface area contributed by atoms with Gasteiger partial charge in [-0.1, -0.05) is 0 Å². The van der Waals surface area contributed by atoms with Gasteiger partial charge in [-0.05, 0) is 37.5 Å². The first-order valence-electron chi connectivity index (χ1n) is 10.7. The fraction of sp³-hybridized carbons (Fsp3) is 0.364. The van der Waals surface area contributed by atoms with E-state index in [4.69, 9.17) is 9.97 Å². The van der Waals surface area contributed by atoms with Gasteiger partial charge in [-0.15, -0.1) is 11.3 Å². The molecule has 0 aromatic carbocycles. The van der Waals surface area contributed by atoms with E-state index in [1.807, 2.05) is 17.6 Å². The van der Waals surface area contributed by atoms with Gasteiger partial charge in [0.25, 0.3) is 0 Å². The maximum absolute atomic E-state index is 12.1. The third-order valence-electron chi connectivity index (χ3n) is 6.79. The molecule has 2 unspecified atom stereocenters. The van der Waals surface area contributed by atoms with Gasteiger partial charge in [-0.2, -0.15) is 0 Å². The first-order valence-corrected chi connectivity index (χ1v) is 11.6. The molecule has 0 saturated heterocycles. The smallest absolute Gasteiger partial charge is 0.308 e. The van der Waals surface area contributed by atoms with Crippen LogP contribution in [0.2, 0.25) is 0 Å². The molecule has 0 spiro atoms. The van der Waals surface area contributed by atoms with Gasteiger partial charge in [-0.25, -0.2) is 24.9 Å². The molecule has 162 valence electrons.